The first kappa shape index (κ1) is 12.5. The molecule has 0 saturated carbocycles. The molecule has 0 amide bonds. The van der Waals surface area contributed by atoms with Crippen molar-refractivity contribution in [1.82, 2.24) is 9.88 Å². The molecule has 0 aromatic carbocycles. The lowest BCUT2D eigenvalue weighted by Crippen LogP contribution is -2.40. The van der Waals surface area contributed by atoms with Crippen LogP contribution in [0.2, 0.25) is 0 Å². The van der Waals surface area contributed by atoms with E-state index in [4.69, 9.17) is 5.73 Å². The summed E-state index contributed by atoms with van der Waals surface area (Å²) in [5.74, 6) is 0.809. The molecule has 3 heteroatoms. The molecule has 17 heavy (non-hydrogen) atoms. The van der Waals surface area contributed by atoms with Crippen molar-refractivity contribution in [1.29, 1.82) is 0 Å². The number of likely N-dealkylation sites (tertiary alicyclic amines) is 1. The van der Waals surface area contributed by atoms with Crippen LogP contribution in [0.3, 0.4) is 0 Å². The molecule has 2 N–H and O–H groups in total. The van der Waals surface area contributed by atoms with Crippen LogP contribution in [0.25, 0.3) is 0 Å². The van der Waals surface area contributed by atoms with Crippen molar-refractivity contribution >= 4 is 0 Å². The summed E-state index contributed by atoms with van der Waals surface area (Å²) in [5.41, 5.74) is 8.06. The highest BCUT2D eigenvalue weighted by molar-refractivity contribution is 5.19. The molecule has 2 heterocycles. The molecule has 3 nitrogen and oxygen atoms in total. The van der Waals surface area contributed by atoms with Crippen molar-refractivity contribution in [2.24, 2.45) is 11.7 Å². The molecule has 1 fully saturated rings. The lowest BCUT2D eigenvalue weighted by Gasteiger charge is -2.37. The van der Waals surface area contributed by atoms with Crippen molar-refractivity contribution in [3.8, 4) is 0 Å². The van der Waals surface area contributed by atoms with Crippen LogP contribution in [0.15, 0.2) is 18.3 Å². The molecule has 2 unspecified atom stereocenters. The Balaban J connectivity index is 2.08. The molecule has 2 rings (SSSR count). The molecule has 1 aromatic heterocycles. The minimum absolute atomic E-state index is 0.536. The number of pyridine rings is 1. The second-order valence-electron chi connectivity index (χ2n) is 5.27. The Morgan fingerprint density at radius 2 is 2.24 bits per heavy atom. The largest absolute Gasteiger partial charge is 0.325 e. The summed E-state index contributed by atoms with van der Waals surface area (Å²) < 4.78 is 0. The quantitative estimate of drug-likeness (QED) is 0.870. The number of rotatable bonds is 3. The van der Waals surface area contributed by atoms with Crippen molar-refractivity contribution in [2.45, 2.75) is 45.8 Å². The molecular weight excluding hydrogens is 210 g/mol. The fraction of sp³-hybridized carbons (Fsp3) is 0.643. The molecule has 0 aliphatic carbocycles. The average Bonchev–Trinajstić information content (AvgIpc) is 2.34. The zero-order valence-electron chi connectivity index (χ0n) is 10.9. The molecule has 0 bridgehead atoms. The van der Waals surface area contributed by atoms with Gasteiger partial charge in [0.1, 0.15) is 0 Å². The molecule has 0 radical (unpaired) electrons. The van der Waals surface area contributed by atoms with E-state index in [1.165, 1.54) is 24.9 Å². The normalized spacial score (nSPS) is 26.1. The maximum Gasteiger partial charge on any atom is 0.0584 e. The molecule has 0 spiro atoms. The fourth-order valence-corrected chi connectivity index (χ4v) is 2.62. The second-order valence-corrected chi connectivity index (χ2v) is 5.27. The Morgan fingerprint density at radius 1 is 1.41 bits per heavy atom. The van der Waals surface area contributed by atoms with Crippen LogP contribution < -0.4 is 5.73 Å². The number of hydrogen-bond donors (Lipinski definition) is 1. The zero-order valence-corrected chi connectivity index (χ0v) is 10.9. The maximum atomic E-state index is 5.74. The van der Waals surface area contributed by atoms with Gasteiger partial charge < -0.3 is 5.73 Å². The number of piperidine rings is 1. The van der Waals surface area contributed by atoms with Gasteiger partial charge in [-0.25, -0.2) is 0 Å². The van der Waals surface area contributed by atoms with Gasteiger partial charge in [0.15, 0.2) is 0 Å². The highest BCUT2D eigenvalue weighted by Gasteiger charge is 2.23. The summed E-state index contributed by atoms with van der Waals surface area (Å²) in [6.45, 7) is 7.39. The van der Waals surface area contributed by atoms with Crippen LogP contribution in [0.4, 0.5) is 0 Å². The van der Waals surface area contributed by atoms with Crippen molar-refractivity contribution in [2.75, 3.05) is 6.54 Å². The number of aromatic nitrogens is 1. The van der Waals surface area contributed by atoms with Crippen LogP contribution in [-0.2, 0) is 13.1 Å². The van der Waals surface area contributed by atoms with Crippen LogP contribution >= 0.6 is 0 Å². The maximum absolute atomic E-state index is 5.74. The van der Waals surface area contributed by atoms with E-state index in [-0.39, 0.29) is 0 Å². The third-order valence-corrected chi connectivity index (χ3v) is 3.80. The first-order valence-electron chi connectivity index (χ1n) is 6.57. The van der Waals surface area contributed by atoms with Crippen molar-refractivity contribution < 1.29 is 0 Å². The molecule has 1 aliphatic rings. The molecule has 2 atom stereocenters. The number of nitrogens with two attached hydrogens (primary N) is 1. The van der Waals surface area contributed by atoms with Crippen LogP contribution in [0.5, 0.6) is 0 Å². The Bertz CT molecular complexity index is 364. The van der Waals surface area contributed by atoms with E-state index in [0.29, 0.717) is 12.6 Å². The third kappa shape index (κ3) is 3.05. The lowest BCUT2D eigenvalue weighted by molar-refractivity contribution is 0.117. The van der Waals surface area contributed by atoms with E-state index in [2.05, 4.69) is 29.8 Å². The molecule has 1 aliphatic heterocycles. The minimum atomic E-state index is 0.536. The predicted octanol–water partition coefficient (Wildman–Crippen LogP) is 2.16. The van der Waals surface area contributed by atoms with E-state index >= 15 is 0 Å². The standard InChI is InChI=1S/C14H23N3/c1-11-5-6-12(2)17(9-11)10-13-4-3-7-16-14(13)8-15/h3-4,7,11-12H,5-6,8-10,15H2,1-2H3. The summed E-state index contributed by atoms with van der Waals surface area (Å²) >= 11 is 0. The van der Waals surface area contributed by atoms with Gasteiger partial charge in [0.05, 0.1) is 5.69 Å². The predicted molar refractivity (Wildman–Crippen MR) is 70.4 cm³/mol. The zero-order chi connectivity index (χ0) is 12.3. The van der Waals surface area contributed by atoms with Gasteiger partial charge in [0, 0.05) is 31.9 Å². The van der Waals surface area contributed by atoms with Crippen LogP contribution in [0, 0.1) is 5.92 Å². The van der Waals surface area contributed by atoms with E-state index in [1.54, 1.807) is 0 Å². The van der Waals surface area contributed by atoms with Crippen molar-refractivity contribution in [3.63, 3.8) is 0 Å². The van der Waals surface area contributed by atoms with Gasteiger partial charge >= 0.3 is 0 Å². The minimum Gasteiger partial charge on any atom is -0.325 e. The topological polar surface area (TPSA) is 42.2 Å². The van der Waals surface area contributed by atoms with Gasteiger partial charge in [0.2, 0.25) is 0 Å². The van der Waals surface area contributed by atoms with Crippen LogP contribution in [0.1, 0.15) is 37.9 Å². The van der Waals surface area contributed by atoms with Crippen LogP contribution in [-0.4, -0.2) is 22.5 Å². The van der Waals surface area contributed by atoms with E-state index < -0.39 is 0 Å². The Hall–Kier alpha value is -0.930. The van der Waals surface area contributed by atoms with Crippen molar-refractivity contribution in [3.05, 3.63) is 29.6 Å². The monoisotopic (exact) mass is 233 g/mol. The summed E-state index contributed by atoms with van der Waals surface area (Å²) in [6, 6.07) is 4.84. The third-order valence-electron chi connectivity index (χ3n) is 3.80. The highest BCUT2D eigenvalue weighted by atomic mass is 15.2. The number of hydrogen-bond acceptors (Lipinski definition) is 3. The van der Waals surface area contributed by atoms with E-state index in [0.717, 1.165) is 18.2 Å². The lowest BCUT2D eigenvalue weighted by atomic mass is 9.94. The molecule has 1 aromatic rings. The van der Waals surface area contributed by atoms with Gasteiger partial charge in [-0.1, -0.05) is 13.0 Å². The van der Waals surface area contributed by atoms with Gasteiger partial charge in [-0.15, -0.1) is 0 Å². The first-order valence-corrected chi connectivity index (χ1v) is 6.57. The summed E-state index contributed by atoms with van der Waals surface area (Å²) in [5, 5.41) is 0. The molecule has 94 valence electrons. The fourth-order valence-electron chi connectivity index (χ4n) is 2.62. The Morgan fingerprint density at radius 3 is 3.00 bits per heavy atom. The second kappa shape index (κ2) is 5.61. The van der Waals surface area contributed by atoms with Gasteiger partial charge in [-0.05, 0) is 37.3 Å². The average molecular weight is 233 g/mol. The van der Waals surface area contributed by atoms with E-state index in [1.807, 2.05) is 12.3 Å². The van der Waals surface area contributed by atoms with Gasteiger partial charge in [0.25, 0.3) is 0 Å². The smallest absolute Gasteiger partial charge is 0.0584 e. The Labute approximate surface area is 104 Å². The summed E-state index contributed by atoms with van der Waals surface area (Å²) in [4.78, 5) is 6.91. The first-order chi connectivity index (χ1) is 8.20. The summed E-state index contributed by atoms with van der Waals surface area (Å²) in [7, 11) is 0. The molecule has 1 saturated heterocycles. The number of nitrogens with zero attached hydrogens (tertiary/aromatic N) is 2. The highest BCUT2D eigenvalue weighted by Crippen LogP contribution is 2.23. The van der Waals surface area contributed by atoms with Gasteiger partial charge in [-0.3, -0.25) is 9.88 Å². The van der Waals surface area contributed by atoms with Gasteiger partial charge in [-0.2, -0.15) is 0 Å². The SMILES string of the molecule is CC1CCC(C)N(Cc2cccnc2CN)C1. The molecular formula is C14H23N3. The Kier molecular flexibility index (Phi) is 4.13. The van der Waals surface area contributed by atoms with E-state index in [9.17, 15) is 0 Å². The summed E-state index contributed by atoms with van der Waals surface area (Å²) in [6.07, 6.45) is 4.49.